The van der Waals surface area contributed by atoms with Gasteiger partial charge in [-0.25, -0.2) is 4.79 Å². The Morgan fingerprint density at radius 2 is 1.84 bits per heavy atom. The first kappa shape index (κ1) is 12.8. The zero-order chi connectivity index (χ0) is 14.0. The molecule has 0 fully saturated rings. The third kappa shape index (κ3) is 2.18. The summed E-state index contributed by atoms with van der Waals surface area (Å²) in [6, 6.07) is 8.40. The molecule has 0 amide bonds. The SMILES string of the molecule is Cc1c(C(=O)O)[nH]c(C=O)c1C(=O)c1ccccc1. The van der Waals surface area contributed by atoms with Crippen LogP contribution in [-0.4, -0.2) is 28.1 Å². The number of aldehydes is 1. The van der Waals surface area contributed by atoms with E-state index in [9.17, 15) is 14.4 Å². The molecule has 0 spiro atoms. The molecule has 5 heteroatoms. The number of aromatic carboxylic acids is 1. The lowest BCUT2D eigenvalue weighted by atomic mass is 9.99. The van der Waals surface area contributed by atoms with Gasteiger partial charge in [0, 0.05) is 5.56 Å². The maximum absolute atomic E-state index is 12.3. The number of aromatic nitrogens is 1. The van der Waals surface area contributed by atoms with E-state index in [1.54, 1.807) is 30.3 Å². The second kappa shape index (κ2) is 4.89. The molecule has 2 aromatic rings. The zero-order valence-corrected chi connectivity index (χ0v) is 10.1. The highest BCUT2D eigenvalue weighted by molar-refractivity contribution is 6.14. The highest BCUT2D eigenvalue weighted by atomic mass is 16.4. The topological polar surface area (TPSA) is 87.2 Å². The van der Waals surface area contributed by atoms with Crippen LogP contribution in [0.25, 0.3) is 0 Å². The van der Waals surface area contributed by atoms with Gasteiger partial charge in [-0.3, -0.25) is 9.59 Å². The van der Waals surface area contributed by atoms with E-state index < -0.39 is 5.97 Å². The number of nitrogens with one attached hydrogen (secondary N) is 1. The average Bonchev–Trinajstić information content (AvgIpc) is 2.76. The van der Waals surface area contributed by atoms with Crippen molar-refractivity contribution in [3.63, 3.8) is 0 Å². The van der Waals surface area contributed by atoms with E-state index in [1.807, 2.05) is 0 Å². The summed E-state index contributed by atoms with van der Waals surface area (Å²) >= 11 is 0. The molecule has 5 nitrogen and oxygen atoms in total. The van der Waals surface area contributed by atoms with Crippen molar-refractivity contribution in [3.8, 4) is 0 Å². The number of hydrogen-bond acceptors (Lipinski definition) is 3. The molecule has 0 radical (unpaired) electrons. The van der Waals surface area contributed by atoms with E-state index in [0.717, 1.165) is 0 Å². The molecule has 2 N–H and O–H groups in total. The Morgan fingerprint density at radius 1 is 1.21 bits per heavy atom. The summed E-state index contributed by atoms with van der Waals surface area (Å²) in [6.45, 7) is 1.50. The highest BCUT2D eigenvalue weighted by Crippen LogP contribution is 2.21. The van der Waals surface area contributed by atoms with E-state index in [4.69, 9.17) is 5.11 Å². The van der Waals surface area contributed by atoms with Gasteiger partial charge in [-0.1, -0.05) is 30.3 Å². The summed E-state index contributed by atoms with van der Waals surface area (Å²) in [6.07, 6.45) is 0.454. The first-order chi connectivity index (χ1) is 9.06. The number of aromatic amines is 1. The Kier molecular flexibility index (Phi) is 3.29. The molecule has 2 rings (SSSR count). The van der Waals surface area contributed by atoms with Crippen LogP contribution in [0, 0.1) is 6.92 Å². The number of carbonyl (C=O) groups is 3. The monoisotopic (exact) mass is 257 g/mol. The third-order valence-electron chi connectivity index (χ3n) is 2.87. The number of benzene rings is 1. The van der Waals surface area contributed by atoms with E-state index in [1.165, 1.54) is 6.92 Å². The Balaban J connectivity index is 2.59. The number of hydrogen-bond donors (Lipinski definition) is 2. The summed E-state index contributed by atoms with van der Waals surface area (Å²) in [4.78, 5) is 36.8. The van der Waals surface area contributed by atoms with Gasteiger partial charge in [0.25, 0.3) is 0 Å². The molecule has 1 aromatic carbocycles. The average molecular weight is 257 g/mol. The molecule has 0 aliphatic heterocycles. The van der Waals surface area contributed by atoms with Gasteiger partial charge in [-0.05, 0) is 12.5 Å². The highest BCUT2D eigenvalue weighted by Gasteiger charge is 2.23. The standard InChI is InChI=1S/C14H11NO4/c1-8-11(10(7-16)15-12(8)14(18)19)13(17)9-5-3-2-4-6-9/h2-7,15H,1H3,(H,18,19). The number of ketones is 1. The van der Waals surface area contributed by atoms with Crippen LogP contribution >= 0.6 is 0 Å². The van der Waals surface area contributed by atoms with Crippen LogP contribution in [0.1, 0.15) is 42.5 Å². The minimum atomic E-state index is -1.20. The summed E-state index contributed by atoms with van der Waals surface area (Å²) in [5.41, 5.74) is 0.636. The molecule has 1 aromatic heterocycles. The molecule has 0 bridgehead atoms. The Bertz CT molecular complexity index is 656. The van der Waals surface area contributed by atoms with E-state index in [0.29, 0.717) is 11.8 Å². The van der Waals surface area contributed by atoms with Crippen LogP contribution in [0.15, 0.2) is 30.3 Å². The van der Waals surface area contributed by atoms with E-state index in [-0.39, 0.29) is 28.3 Å². The summed E-state index contributed by atoms with van der Waals surface area (Å²) in [5, 5.41) is 8.99. The number of carboxylic acid groups (broad SMARTS) is 1. The quantitative estimate of drug-likeness (QED) is 0.648. The van der Waals surface area contributed by atoms with Crippen LogP contribution in [0.2, 0.25) is 0 Å². The fourth-order valence-electron chi connectivity index (χ4n) is 1.95. The normalized spacial score (nSPS) is 10.2. The minimum Gasteiger partial charge on any atom is -0.477 e. The third-order valence-corrected chi connectivity index (χ3v) is 2.87. The minimum absolute atomic E-state index is 0.0104. The van der Waals surface area contributed by atoms with Gasteiger partial charge in [-0.15, -0.1) is 0 Å². The van der Waals surface area contributed by atoms with Gasteiger partial charge < -0.3 is 10.1 Å². The van der Waals surface area contributed by atoms with Crippen molar-refractivity contribution >= 4 is 18.0 Å². The van der Waals surface area contributed by atoms with Crippen molar-refractivity contribution in [1.29, 1.82) is 0 Å². The molecule has 19 heavy (non-hydrogen) atoms. The van der Waals surface area contributed by atoms with Crippen molar-refractivity contribution in [2.45, 2.75) is 6.92 Å². The number of carbonyl (C=O) groups excluding carboxylic acids is 2. The van der Waals surface area contributed by atoms with Gasteiger partial charge in [0.05, 0.1) is 11.3 Å². The van der Waals surface area contributed by atoms with Crippen LogP contribution in [0.4, 0.5) is 0 Å². The maximum atomic E-state index is 12.3. The molecular formula is C14H11NO4. The fraction of sp³-hybridized carbons (Fsp3) is 0.0714. The molecule has 1 heterocycles. The predicted octanol–water partition coefficient (Wildman–Crippen LogP) is 2.06. The molecule has 0 unspecified atom stereocenters. The predicted molar refractivity (Wildman–Crippen MR) is 67.8 cm³/mol. The lowest BCUT2D eigenvalue weighted by Gasteiger charge is -2.01. The number of rotatable bonds is 4. The summed E-state index contributed by atoms with van der Waals surface area (Å²) < 4.78 is 0. The number of H-pyrrole nitrogens is 1. The first-order valence-electron chi connectivity index (χ1n) is 5.57. The lowest BCUT2D eigenvalue weighted by molar-refractivity contribution is 0.0690. The second-order valence-corrected chi connectivity index (χ2v) is 4.03. The summed E-state index contributed by atoms with van der Waals surface area (Å²) in [7, 11) is 0. The Morgan fingerprint density at radius 3 is 2.37 bits per heavy atom. The maximum Gasteiger partial charge on any atom is 0.352 e. The lowest BCUT2D eigenvalue weighted by Crippen LogP contribution is -2.05. The van der Waals surface area contributed by atoms with Gasteiger partial charge in [-0.2, -0.15) is 0 Å². The molecule has 0 saturated heterocycles. The molecule has 0 aliphatic carbocycles. The van der Waals surface area contributed by atoms with Crippen molar-refractivity contribution in [1.82, 2.24) is 4.98 Å². The second-order valence-electron chi connectivity index (χ2n) is 4.03. The van der Waals surface area contributed by atoms with Crippen molar-refractivity contribution in [2.24, 2.45) is 0 Å². The van der Waals surface area contributed by atoms with Gasteiger partial charge in [0.1, 0.15) is 5.69 Å². The number of carboxylic acids is 1. The Labute approximate surface area is 108 Å². The van der Waals surface area contributed by atoms with Gasteiger partial charge >= 0.3 is 5.97 Å². The summed E-state index contributed by atoms with van der Waals surface area (Å²) in [5.74, 6) is -1.57. The fourth-order valence-corrected chi connectivity index (χ4v) is 1.95. The molecular weight excluding hydrogens is 246 g/mol. The van der Waals surface area contributed by atoms with Crippen molar-refractivity contribution < 1.29 is 19.5 Å². The van der Waals surface area contributed by atoms with E-state index in [2.05, 4.69) is 4.98 Å². The van der Waals surface area contributed by atoms with E-state index >= 15 is 0 Å². The van der Waals surface area contributed by atoms with Crippen LogP contribution in [0.5, 0.6) is 0 Å². The molecule has 96 valence electrons. The van der Waals surface area contributed by atoms with Crippen LogP contribution < -0.4 is 0 Å². The molecule has 0 aliphatic rings. The largest absolute Gasteiger partial charge is 0.477 e. The zero-order valence-electron chi connectivity index (χ0n) is 10.1. The van der Waals surface area contributed by atoms with Gasteiger partial charge in [0.2, 0.25) is 0 Å². The molecule has 0 atom stereocenters. The molecule has 0 saturated carbocycles. The first-order valence-corrected chi connectivity index (χ1v) is 5.57. The smallest absolute Gasteiger partial charge is 0.352 e. The van der Waals surface area contributed by atoms with Crippen LogP contribution in [0.3, 0.4) is 0 Å². The van der Waals surface area contributed by atoms with Crippen molar-refractivity contribution in [2.75, 3.05) is 0 Å². The Hall–Kier alpha value is -2.69. The van der Waals surface area contributed by atoms with Gasteiger partial charge in [0.15, 0.2) is 12.1 Å². The van der Waals surface area contributed by atoms with Crippen molar-refractivity contribution in [3.05, 3.63) is 58.4 Å². The van der Waals surface area contributed by atoms with Crippen LogP contribution in [-0.2, 0) is 0 Å².